The Bertz CT molecular complexity index is 1190. The lowest BCUT2D eigenvalue weighted by Gasteiger charge is -2.21. The topological polar surface area (TPSA) is 116 Å². The summed E-state index contributed by atoms with van der Waals surface area (Å²) in [4.78, 5) is 24.3. The first kappa shape index (κ1) is 26.4. The molecule has 1 fully saturated rings. The predicted octanol–water partition coefficient (Wildman–Crippen LogP) is 2.44. The highest BCUT2D eigenvalue weighted by atomic mass is 32.2. The van der Waals surface area contributed by atoms with Gasteiger partial charge in [-0.05, 0) is 63.9 Å². The molecule has 3 aliphatic heterocycles. The van der Waals surface area contributed by atoms with Crippen LogP contribution in [0.1, 0.15) is 57.9 Å². The molecule has 36 heavy (non-hydrogen) atoms. The maximum absolute atomic E-state index is 13.1. The van der Waals surface area contributed by atoms with Crippen LogP contribution in [0.5, 0.6) is 5.75 Å². The summed E-state index contributed by atoms with van der Waals surface area (Å²) in [6.07, 6.45) is 5.30. The van der Waals surface area contributed by atoms with Gasteiger partial charge < -0.3 is 9.64 Å². The van der Waals surface area contributed by atoms with E-state index in [-0.39, 0.29) is 16.6 Å². The molecule has 0 spiro atoms. The third-order valence-corrected chi connectivity index (χ3v) is 8.23. The zero-order chi connectivity index (χ0) is 25.9. The molecule has 0 bridgehead atoms. The number of aliphatic imine (C=N–C) groups is 2. The van der Waals surface area contributed by atoms with E-state index in [1.54, 1.807) is 18.1 Å². The summed E-state index contributed by atoms with van der Waals surface area (Å²) in [5.74, 6) is 0.222. The summed E-state index contributed by atoms with van der Waals surface area (Å²) in [7, 11) is 0.0377. The SMILES string of the molecule is CCCOc1ccc(S(=O)(=O)NCCC2CCCN2C)cc1C1=NC(=O)C2C(=N1)C(CCC)=NN2C. The molecule has 1 aromatic carbocycles. The third-order valence-electron chi connectivity index (χ3n) is 6.78. The number of nitrogens with zero attached hydrogens (tertiary/aromatic N) is 5. The number of amides is 1. The van der Waals surface area contributed by atoms with Crippen molar-refractivity contribution in [2.45, 2.75) is 69.4 Å². The summed E-state index contributed by atoms with van der Waals surface area (Å²) in [6.45, 7) is 5.87. The summed E-state index contributed by atoms with van der Waals surface area (Å²) in [6, 6.07) is 4.39. The number of hydrogen-bond donors (Lipinski definition) is 1. The predicted molar refractivity (Wildman–Crippen MR) is 141 cm³/mol. The van der Waals surface area contributed by atoms with E-state index in [9.17, 15) is 13.2 Å². The van der Waals surface area contributed by atoms with E-state index in [4.69, 9.17) is 9.73 Å². The number of fused-ring (bicyclic) bond motifs is 1. The number of likely N-dealkylation sites (N-methyl/N-ethyl adjacent to an activating group) is 1. The summed E-state index contributed by atoms with van der Waals surface area (Å²) in [5.41, 5.74) is 1.71. The number of ether oxygens (including phenoxy) is 1. The lowest BCUT2D eigenvalue weighted by molar-refractivity contribution is -0.120. The van der Waals surface area contributed by atoms with Crippen molar-refractivity contribution in [2.24, 2.45) is 15.1 Å². The number of sulfonamides is 1. The van der Waals surface area contributed by atoms with Crippen LogP contribution in [0.25, 0.3) is 0 Å². The summed E-state index contributed by atoms with van der Waals surface area (Å²) < 4.78 is 34.9. The first-order valence-corrected chi connectivity index (χ1v) is 14.2. The molecule has 1 aromatic rings. The van der Waals surface area contributed by atoms with E-state index < -0.39 is 16.1 Å². The maximum atomic E-state index is 13.1. The van der Waals surface area contributed by atoms with Gasteiger partial charge in [-0.3, -0.25) is 9.80 Å². The number of carbonyl (C=O) groups is 1. The van der Waals surface area contributed by atoms with Crippen molar-refractivity contribution in [1.29, 1.82) is 0 Å². The molecule has 0 radical (unpaired) electrons. The van der Waals surface area contributed by atoms with E-state index >= 15 is 0 Å². The second-order valence-corrected chi connectivity index (χ2v) is 11.3. The smallest absolute Gasteiger partial charge is 0.278 e. The monoisotopic (exact) mass is 516 g/mol. The average molecular weight is 517 g/mol. The molecular formula is C25H36N6O4S. The molecule has 4 rings (SSSR count). The molecule has 0 aliphatic carbocycles. The van der Waals surface area contributed by atoms with Gasteiger partial charge in [0.05, 0.1) is 22.8 Å². The van der Waals surface area contributed by atoms with Crippen molar-refractivity contribution in [3.63, 3.8) is 0 Å². The Morgan fingerprint density at radius 2 is 1.97 bits per heavy atom. The molecule has 11 heteroatoms. The number of carbonyl (C=O) groups excluding carboxylic acids is 1. The molecule has 0 saturated carbocycles. The highest BCUT2D eigenvalue weighted by molar-refractivity contribution is 7.89. The van der Waals surface area contributed by atoms with Crippen LogP contribution in [-0.4, -0.2) is 87.4 Å². The van der Waals surface area contributed by atoms with E-state index in [0.717, 1.165) is 44.4 Å². The molecule has 1 N–H and O–H groups in total. The van der Waals surface area contributed by atoms with Crippen LogP contribution < -0.4 is 9.46 Å². The molecule has 10 nitrogen and oxygen atoms in total. The second kappa shape index (κ2) is 11.2. The van der Waals surface area contributed by atoms with Crippen molar-refractivity contribution < 1.29 is 17.9 Å². The number of amidine groups is 1. The highest BCUT2D eigenvalue weighted by Crippen LogP contribution is 2.28. The molecule has 0 aromatic heterocycles. The van der Waals surface area contributed by atoms with E-state index in [2.05, 4.69) is 26.8 Å². The van der Waals surface area contributed by atoms with Crippen molar-refractivity contribution in [1.82, 2.24) is 14.6 Å². The number of hydrogen-bond acceptors (Lipinski definition) is 8. The Hall–Kier alpha value is -2.63. The number of benzene rings is 1. The normalized spacial score (nSPS) is 22.4. The van der Waals surface area contributed by atoms with Gasteiger partial charge in [0.1, 0.15) is 11.5 Å². The van der Waals surface area contributed by atoms with Crippen LogP contribution >= 0.6 is 0 Å². The fourth-order valence-corrected chi connectivity index (χ4v) is 5.93. The van der Waals surface area contributed by atoms with Gasteiger partial charge in [-0.25, -0.2) is 18.1 Å². The minimum atomic E-state index is -3.77. The van der Waals surface area contributed by atoms with E-state index in [0.29, 0.717) is 42.6 Å². The van der Waals surface area contributed by atoms with Crippen molar-refractivity contribution >= 4 is 33.2 Å². The van der Waals surface area contributed by atoms with Gasteiger partial charge >= 0.3 is 0 Å². The van der Waals surface area contributed by atoms with Crippen LogP contribution in [0, 0.1) is 0 Å². The van der Waals surface area contributed by atoms with Crippen molar-refractivity contribution in [3.8, 4) is 5.75 Å². The second-order valence-electron chi connectivity index (χ2n) is 9.51. The lowest BCUT2D eigenvalue weighted by Crippen LogP contribution is -2.41. The number of likely N-dealkylation sites (tertiary alicyclic amines) is 1. The Labute approximate surface area is 213 Å². The quantitative estimate of drug-likeness (QED) is 0.483. The van der Waals surface area contributed by atoms with Gasteiger partial charge in [0.2, 0.25) is 10.0 Å². The van der Waals surface area contributed by atoms with Gasteiger partial charge in [0.15, 0.2) is 11.9 Å². The zero-order valence-electron chi connectivity index (χ0n) is 21.5. The van der Waals surface area contributed by atoms with Crippen molar-refractivity contribution in [3.05, 3.63) is 23.8 Å². The summed E-state index contributed by atoms with van der Waals surface area (Å²) in [5, 5.41) is 6.08. The minimum absolute atomic E-state index is 0.0876. The van der Waals surface area contributed by atoms with Crippen LogP contribution in [0.15, 0.2) is 38.2 Å². The molecule has 1 saturated heterocycles. The average Bonchev–Trinajstić information content (AvgIpc) is 3.40. The zero-order valence-corrected chi connectivity index (χ0v) is 22.3. The number of nitrogens with one attached hydrogen (secondary N) is 1. The van der Waals surface area contributed by atoms with Crippen LogP contribution in [-0.2, 0) is 14.8 Å². The fourth-order valence-electron chi connectivity index (χ4n) is 4.85. The number of rotatable bonds is 11. The Balaban J connectivity index is 1.63. The standard InChI is InChI=1S/C25H36N6O4S/c1-5-8-20-22-23(31(4)29-20)25(32)28-24(27-22)19-16-18(10-11-21(19)35-15-6-2)36(33,34)26-13-12-17-9-7-14-30(17)3/h10-11,16-17,23,26H,5-9,12-15H2,1-4H3. The van der Waals surface area contributed by atoms with Gasteiger partial charge in [0.25, 0.3) is 5.91 Å². The molecule has 3 aliphatic rings. The van der Waals surface area contributed by atoms with Gasteiger partial charge in [-0.2, -0.15) is 10.1 Å². The van der Waals surface area contributed by atoms with Crippen molar-refractivity contribution in [2.75, 3.05) is 33.8 Å². The van der Waals surface area contributed by atoms with E-state index in [1.807, 2.05) is 13.8 Å². The van der Waals surface area contributed by atoms with Gasteiger partial charge in [-0.15, -0.1) is 0 Å². The van der Waals surface area contributed by atoms with Crippen LogP contribution in [0.4, 0.5) is 0 Å². The lowest BCUT2D eigenvalue weighted by atomic mass is 10.0. The Morgan fingerprint density at radius 3 is 2.67 bits per heavy atom. The van der Waals surface area contributed by atoms with Gasteiger partial charge in [-0.1, -0.05) is 20.3 Å². The fraction of sp³-hybridized carbons (Fsp3) is 0.600. The first-order valence-electron chi connectivity index (χ1n) is 12.7. The molecule has 3 heterocycles. The minimum Gasteiger partial charge on any atom is -0.493 e. The molecule has 196 valence electrons. The van der Waals surface area contributed by atoms with Crippen LogP contribution in [0.2, 0.25) is 0 Å². The van der Waals surface area contributed by atoms with E-state index in [1.165, 1.54) is 12.1 Å². The third kappa shape index (κ3) is 5.52. The Kier molecular flexibility index (Phi) is 8.21. The Morgan fingerprint density at radius 1 is 1.17 bits per heavy atom. The van der Waals surface area contributed by atoms with Gasteiger partial charge in [0, 0.05) is 19.6 Å². The summed E-state index contributed by atoms with van der Waals surface area (Å²) >= 11 is 0. The highest BCUT2D eigenvalue weighted by Gasteiger charge is 2.40. The maximum Gasteiger partial charge on any atom is 0.278 e. The molecule has 1 amide bonds. The molecule has 2 atom stereocenters. The molecule has 2 unspecified atom stereocenters. The number of hydrazone groups is 1. The van der Waals surface area contributed by atoms with Crippen LogP contribution in [0.3, 0.4) is 0 Å². The first-order chi connectivity index (χ1) is 17.2. The largest absolute Gasteiger partial charge is 0.493 e. The molecular weight excluding hydrogens is 480 g/mol.